The Morgan fingerprint density at radius 2 is 1.73 bits per heavy atom. The van der Waals surface area contributed by atoms with Crippen LogP contribution >= 0.6 is 7.60 Å². The number of H-pyrrole nitrogens is 1. The number of carbonyl (C=O) groups is 2. The summed E-state index contributed by atoms with van der Waals surface area (Å²) >= 11 is 0. The fraction of sp³-hybridized carbons (Fsp3) is 0. The summed E-state index contributed by atoms with van der Waals surface area (Å²) in [5.41, 5.74) is -0.703. The van der Waals surface area contributed by atoms with Crippen molar-refractivity contribution >= 4 is 35.7 Å². The van der Waals surface area contributed by atoms with E-state index in [1.54, 1.807) is 0 Å². The van der Waals surface area contributed by atoms with Gasteiger partial charge in [-0.25, -0.2) is 4.79 Å². The van der Waals surface area contributed by atoms with Gasteiger partial charge in [0, 0.05) is 16.5 Å². The van der Waals surface area contributed by atoms with E-state index < -0.39 is 19.1 Å². The molecule has 3 rings (SSSR count). The summed E-state index contributed by atoms with van der Waals surface area (Å²) in [5.74, 6) is -0.505. The van der Waals surface area contributed by atoms with Crippen molar-refractivity contribution in [2.75, 3.05) is 0 Å². The number of aromatic nitrogens is 1. The number of esters is 1. The molecule has 0 aliphatic rings. The van der Waals surface area contributed by atoms with Gasteiger partial charge in [0.05, 0.1) is 0 Å². The zero-order chi connectivity index (χ0) is 18.9. The zero-order valence-electron chi connectivity index (χ0n) is 12.9. The number of ether oxygens (including phenoxy) is 1. The van der Waals surface area contributed by atoms with Gasteiger partial charge in [-0.2, -0.15) is 0 Å². The number of nitroso groups, excluding NO2 is 1. The van der Waals surface area contributed by atoms with Crippen molar-refractivity contribution in [1.29, 1.82) is 0 Å². The molecule has 1 heterocycles. The number of rotatable bonds is 5. The molecule has 0 fully saturated rings. The summed E-state index contributed by atoms with van der Waals surface area (Å²) in [7, 11) is -4.89. The summed E-state index contributed by atoms with van der Waals surface area (Å²) in [6.07, 6.45) is 0. The minimum Gasteiger partial charge on any atom is -0.422 e. The number of aromatic amines is 1. The van der Waals surface area contributed by atoms with Crippen molar-refractivity contribution in [2.24, 2.45) is 5.18 Å². The summed E-state index contributed by atoms with van der Waals surface area (Å²) < 4.78 is 16.2. The highest BCUT2D eigenvalue weighted by Gasteiger charge is 2.27. The van der Waals surface area contributed by atoms with Gasteiger partial charge < -0.3 is 19.5 Å². The third-order valence-corrected chi connectivity index (χ3v) is 4.29. The lowest BCUT2D eigenvalue weighted by atomic mass is 10.2. The maximum absolute atomic E-state index is 12.2. The molecule has 0 aliphatic heterocycles. The Morgan fingerprint density at radius 1 is 1.04 bits per heavy atom. The highest BCUT2D eigenvalue weighted by atomic mass is 31.2. The second-order valence-electron chi connectivity index (χ2n) is 5.31. The fourth-order valence-electron chi connectivity index (χ4n) is 2.28. The molecule has 0 unspecified atom stereocenters. The fourth-order valence-corrected chi connectivity index (χ4v) is 2.76. The van der Waals surface area contributed by atoms with Crippen LogP contribution in [0.5, 0.6) is 5.75 Å². The Bertz CT molecular complexity index is 1070. The van der Waals surface area contributed by atoms with Crippen LogP contribution in [0.1, 0.15) is 20.8 Å². The van der Waals surface area contributed by atoms with Gasteiger partial charge in [0.2, 0.25) is 0 Å². The van der Waals surface area contributed by atoms with E-state index in [4.69, 9.17) is 14.5 Å². The van der Waals surface area contributed by atoms with Crippen molar-refractivity contribution in [3.63, 3.8) is 0 Å². The first kappa shape index (κ1) is 17.7. The zero-order valence-corrected chi connectivity index (χ0v) is 13.8. The predicted octanol–water partition coefficient (Wildman–Crippen LogP) is 3.10. The Hall–Kier alpha value is -3.13. The molecular formula is C16H11N2O7P. The minimum absolute atomic E-state index is 0.0818. The highest BCUT2D eigenvalue weighted by Crippen LogP contribution is 2.39. The monoisotopic (exact) mass is 374 g/mol. The van der Waals surface area contributed by atoms with Gasteiger partial charge in [-0.15, -0.1) is 4.91 Å². The number of carbonyl (C=O) groups excluding carboxylic acids is 2. The van der Waals surface area contributed by atoms with Crippen LogP contribution in [-0.4, -0.2) is 26.3 Å². The maximum atomic E-state index is 12.2. The van der Waals surface area contributed by atoms with E-state index in [9.17, 15) is 19.1 Å². The van der Waals surface area contributed by atoms with Crippen molar-refractivity contribution in [3.05, 3.63) is 64.7 Å². The van der Waals surface area contributed by atoms with E-state index in [0.717, 1.165) is 0 Å². The molecule has 132 valence electrons. The van der Waals surface area contributed by atoms with Crippen LogP contribution < -0.4 is 4.74 Å². The molecule has 0 spiro atoms. The largest absolute Gasteiger partial charge is 0.422 e. The topological polar surface area (TPSA) is 146 Å². The van der Waals surface area contributed by atoms with Crippen LogP contribution in [0.15, 0.2) is 53.7 Å². The average Bonchev–Trinajstić information content (AvgIpc) is 3.04. The number of fused-ring (bicyclic) bond motifs is 1. The van der Waals surface area contributed by atoms with Crippen LogP contribution in [-0.2, 0) is 4.57 Å². The van der Waals surface area contributed by atoms with Crippen molar-refractivity contribution < 1.29 is 28.7 Å². The van der Waals surface area contributed by atoms with Crippen LogP contribution in [0.4, 0.5) is 5.69 Å². The molecular weight excluding hydrogens is 363 g/mol. The smallest absolute Gasteiger partial charge is 0.396 e. The van der Waals surface area contributed by atoms with Gasteiger partial charge in [0.15, 0.2) is 0 Å². The Balaban J connectivity index is 1.86. The van der Waals surface area contributed by atoms with Crippen molar-refractivity contribution in [1.82, 2.24) is 4.98 Å². The SMILES string of the molecule is O=Nc1ccc(OC(=O)c2cc3cc(C(=O)P(=O)(O)O)ccc3[nH]2)cc1. The van der Waals surface area contributed by atoms with Crippen LogP contribution in [0.25, 0.3) is 10.9 Å². The molecule has 0 aliphatic carbocycles. The summed E-state index contributed by atoms with van der Waals surface area (Å²) in [6, 6.07) is 11.0. The molecule has 1 aromatic heterocycles. The lowest BCUT2D eigenvalue weighted by molar-refractivity contribution is 0.0729. The Kier molecular flexibility index (Phi) is 4.52. The third-order valence-electron chi connectivity index (χ3n) is 3.50. The van der Waals surface area contributed by atoms with Gasteiger partial charge in [0.1, 0.15) is 17.1 Å². The second-order valence-corrected chi connectivity index (χ2v) is 6.80. The highest BCUT2D eigenvalue weighted by molar-refractivity contribution is 7.70. The van der Waals surface area contributed by atoms with E-state index >= 15 is 0 Å². The van der Waals surface area contributed by atoms with Crippen LogP contribution in [0.3, 0.4) is 0 Å². The summed E-state index contributed by atoms with van der Waals surface area (Å²) in [6.45, 7) is 0. The molecule has 26 heavy (non-hydrogen) atoms. The molecule has 0 radical (unpaired) electrons. The van der Waals surface area contributed by atoms with Gasteiger partial charge in [-0.1, -0.05) is 0 Å². The molecule has 3 aromatic rings. The molecule has 9 nitrogen and oxygen atoms in total. The molecule has 0 amide bonds. The average molecular weight is 374 g/mol. The molecule has 0 saturated carbocycles. The first-order valence-corrected chi connectivity index (χ1v) is 8.78. The molecule has 0 saturated heterocycles. The van der Waals surface area contributed by atoms with Crippen LogP contribution in [0.2, 0.25) is 0 Å². The number of nitrogens with zero attached hydrogens (tertiary/aromatic N) is 1. The second kappa shape index (κ2) is 6.64. The van der Waals surface area contributed by atoms with Crippen molar-refractivity contribution in [2.45, 2.75) is 0 Å². The van der Waals surface area contributed by atoms with E-state index in [1.165, 1.54) is 48.5 Å². The van der Waals surface area contributed by atoms with Gasteiger partial charge in [-0.3, -0.25) is 9.36 Å². The number of hydrogen-bond donors (Lipinski definition) is 3. The normalized spacial score (nSPS) is 11.3. The molecule has 0 atom stereocenters. The molecule has 0 bridgehead atoms. The number of nitrogens with one attached hydrogen (secondary N) is 1. The lowest BCUT2D eigenvalue weighted by Crippen LogP contribution is -2.08. The summed E-state index contributed by atoms with van der Waals surface area (Å²) in [5, 5.41) is 3.15. The lowest BCUT2D eigenvalue weighted by Gasteiger charge is -2.02. The Labute approximate surface area is 145 Å². The maximum Gasteiger partial charge on any atom is 0.396 e. The van der Waals surface area contributed by atoms with Crippen molar-refractivity contribution in [3.8, 4) is 5.75 Å². The van der Waals surface area contributed by atoms with E-state index in [2.05, 4.69) is 10.2 Å². The standard InChI is InChI=1S/C16H11N2O7P/c19-15(25-12-4-2-11(18-21)3-5-12)14-8-10-7-9(1-6-13(10)17-14)16(20)26(22,23)24/h1-8,17H,(H2,22,23,24). The first-order valence-electron chi connectivity index (χ1n) is 7.17. The number of hydrogen-bond acceptors (Lipinski definition) is 6. The minimum atomic E-state index is -4.89. The molecule has 2 aromatic carbocycles. The van der Waals surface area contributed by atoms with E-state index in [1.807, 2.05) is 0 Å². The first-order chi connectivity index (χ1) is 12.3. The van der Waals surface area contributed by atoms with E-state index in [0.29, 0.717) is 10.9 Å². The van der Waals surface area contributed by atoms with Crippen LogP contribution in [0, 0.1) is 4.91 Å². The molecule has 3 N–H and O–H groups in total. The predicted molar refractivity (Wildman–Crippen MR) is 91.5 cm³/mol. The molecule has 10 heteroatoms. The Morgan fingerprint density at radius 3 is 2.35 bits per heavy atom. The van der Waals surface area contributed by atoms with E-state index in [-0.39, 0.29) is 22.7 Å². The van der Waals surface area contributed by atoms with Gasteiger partial charge >= 0.3 is 13.6 Å². The summed E-state index contributed by atoms with van der Waals surface area (Å²) in [4.78, 5) is 54.9. The number of benzene rings is 2. The van der Waals surface area contributed by atoms with Gasteiger partial charge in [-0.05, 0) is 53.7 Å². The van der Waals surface area contributed by atoms with Gasteiger partial charge in [0.25, 0.3) is 5.52 Å². The quantitative estimate of drug-likeness (QED) is 0.269. The third kappa shape index (κ3) is 3.60.